The number of methoxy groups -OCH3 is 1. The molecule has 1 rings (SSSR count). The Bertz CT molecular complexity index is 333. The number of imidazole rings is 1. The maximum Gasteiger partial charge on any atom is 0.203 e. The normalized spacial score (nSPS) is 12.4. The van der Waals surface area contributed by atoms with Crippen LogP contribution in [0.5, 0.6) is 0 Å². The first-order chi connectivity index (χ1) is 7.69. The van der Waals surface area contributed by atoms with Crippen LogP contribution in [-0.2, 0) is 4.74 Å². The first kappa shape index (κ1) is 12.8. The minimum atomic E-state index is 0.383. The molecule has 1 heterocycles. The fourth-order valence-corrected chi connectivity index (χ4v) is 1.57. The number of aromatic nitrogens is 2. The molecule has 4 heteroatoms. The lowest BCUT2D eigenvalue weighted by molar-refractivity contribution is 0.181. The summed E-state index contributed by atoms with van der Waals surface area (Å²) in [6, 6.07) is 0.383. The summed E-state index contributed by atoms with van der Waals surface area (Å²) in [6.07, 6.45) is 4.87. The fraction of sp³-hybridized carbons (Fsp3) is 0.583. The lowest BCUT2D eigenvalue weighted by atomic mass is 10.2. The van der Waals surface area contributed by atoms with Gasteiger partial charge in [0.05, 0.1) is 5.69 Å². The molecule has 0 aliphatic carbocycles. The number of anilines is 1. The van der Waals surface area contributed by atoms with Crippen LogP contribution in [-0.4, -0.2) is 29.8 Å². The quantitative estimate of drug-likeness (QED) is 0.721. The van der Waals surface area contributed by atoms with E-state index in [0.717, 1.165) is 31.2 Å². The summed E-state index contributed by atoms with van der Waals surface area (Å²) < 4.78 is 7.24. The second-order valence-electron chi connectivity index (χ2n) is 3.91. The molecule has 0 amide bonds. The summed E-state index contributed by atoms with van der Waals surface area (Å²) in [6.45, 7) is 9.34. The monoisotopic (exact) mass is 223 g/mol. The molecule has 0 saturated carbocycles. The van der Waals surface area contributed by atoms with E-state index in [-0.39, 0.29) is 0 Å². The van der Waals surface area contributed by atoms with Crippen molar-refractivity contribution >= 4 is 5.95 Å². The van der Waals surface area contributed by atoms with Crippen molar-refractivity contribution in [1.29, 1.82) is 0 Å². The van der Waals surface area contributed by atoms with E-state index in [4.69, 9.17) is 4.74 Å². The molecule has 0 saturated heterocycles. The predicted molar refractivity (Wildman–Crippen MR) is 66.9 cm³/mol. The third kappa shape index (κ3) is 3.38. The highest BCUT2D eigenvalue weighted by Crippen LogP contribution is 2.18. The van der Waals surface area contributed by atoms with Gasteiger partial charge in [-0.1, -0.05) is 6.08 Å². The van der Waals surface area contributed by atoms with E-state index in [2.05, 4.69) is 34.6 Å². The largest absolute Gasteiger partial charge is 0.385 e. The maximum absolute atomic E-state index is 5.09. The zero-order chi connectivity index (χ0) is 12.0. The smallest absolute Gasteiger partial charge is 0.203 e. The Balaban J connectivity index is 2.72. The highest BCUT2D eigenvalue weighted by Gasteiger charge is 2.10. The molecular formula is C12H21N3O. The van der Waals surface area contributed by atoms with Crippen molar-refractivity contribution < 1.29 is 4.74 Å². The summed E-state index contributed by atoms with van der Waals surface area (Å²) in [4.78, 5) is 4.44. The SMILES string of the molecule is C=CCNc1nc(C)cn1C(C)CCOC. The van der Waals surface area contributed by atoms with E-state index in [1.165, 1.54) is 0 Å². The predicted octanol–water partition coefficient (Wildman–Crippen LogP) is 2.39. The molecular weight excluding hydrogens is 202 g/mol. The van der Waals surface area contributed by atoms with Crippen molar-refractivity contribution in [3.8, 4) is 0 Å². The standard InChI is InChI=1S/C12H21N3O/c1-5-7-13-12-14-10(2)9-15(12)11(3)6-8-16-4/h5,9,11H,1,6-8H2,2-4H3,(H,13,14). The van der Waals surface area contributed by atoms with Crippen LogP contribution in [0.15, 0.2) is 18.9 Å². The van der Waals surface area contributed by atoms with Crippen molar-refractivity contribution in [2.75, 3.05) is 25.6 Å². The van der Waals surface area contributed by atoms with Crippen molar-refractivity contribution in [3.63, 3.8) is 0 Å². The molecule has 0 bridgehead atoms. The van der Waals surface area contributed by atoms with Crippen LogP contribution >= 0.6 is 0 Å². The van der Waals surface area contributed by atoms with E-state index in [1.54, 1.807) is 7.11 Å². The Morgan fingerprint density at radius 2 is 2.44 bits per heavy atom. The summed E-state index contributed by atoms with van der Waals surface area (Å²) in [5.74, 6) is 0.904. The van der Waals surface area contributed by atoms with Crippen molar-refractivity contribution in [3.05, 3.63) is 24.5 Å². The number of nitrogens with zero attached hydrogens (tertiary/aromatic N) is 2. The molecule has 90 valence electrons. The number of hydrogen-bond acceptors (Lipinski definition) is 3. The topological polar surface area (TPSA) is 39.1 Å². The summed E-state index contributed by atoms with van der Waals surface area (Å²) in [5.41, 5.74) is 1.02. The van der Waals surface area contributed by atoms with Crippen LogP contribution in [0.2, 0.25) is 0 Å². The summed E-state index contributed by atoms with van der Waals surface area (Å²) in [5, 5.41) is 3.23. The zero-order valence-electron chi connectivity index (χ0n) is 10.4. The fourth-order valence-electron chi connectivity index (χ4n) is 1.57. The van der Waals surface area contributed by atoms with Crippen LogP contribution in [0.1, 0.15) is 25.1 Å². The molecule has 1 aromatic heterocycles. The molecule has 0 radical (unpaired) electrons. The van der Waals surface area contributed by atoms with E-state index >= 15 is 0 Å². The first-order valence-electron chi connectivity index (χ1n) is 5.58. The zero-order valence-corrected chi connectivity index (χ0v) is 10.4. The molecule has 0 fully saturated rings. The molecule has 1 unspecified atom stereocenters. The summed E-state index contributed by atoms with van der Waals surface area (Å²) in [7, 11) is 1.72. The van der Waals surface area contributed by atoms with Crippen molar-refractivity contribution in [2.45, 2.75) is 26.3 Å². The van der Waals surface area contributed by atoms with Crippen LogP contribution in [0.3, 0.4) is 0 Å². The van der Waals surface area contributed by atoms with Gasteiger partial charge in [-0.2, -0.15) is 0 Å². The van der Waals surface area contributed by atoms with Gasteiger partial charge in [0, 0.05) is 32.5 Å². The van der Waals surface area contributed by atoms with Gasteiger partial charge in [-0.05, 0) is 20.3 Å². The Morgan fingerprint density at radius 1 is 1.69 bits per heavy atom. The van der Waals surface area contributed by atoms with Gasteiger partial charge in [0.2, 0.25) is 5.95 Å². The second-order valence-corrected chi connectivity index (χ2v) is 3.91. The van der Waals surface area contributed by atoms with E-state index in [1.807, 2.05) is 13.0 Å². The van der Waals surface area contributed by atoms with Crippen LogP contribution in [0, 0.1) is 6.92 Å². The average Bonchev–Trinajstić information content (AvgIpc) is 2.64. The van der Waals surface area contributed by atoms with Gasteiger partial charge in [0.25, 0.3) is 0 Å². The highest BCUT2D eigenvalue weighted by atomic mass is 16.5. The third-order valence-electron chi connectivity index (χ3n) is 2.47. The number of nitrogens with one attached hydrogen (secondary N) is 1. The van der Waals surface area contributed by atoms with Gasteiger partial charge < -0.3 is 14.6 Å². The second kappa shape index (κ2) is 6.33. The Morgan fingerprint density at radius 3 is 3.06 bits per heavy atom. The molecule has 4 nitrogen and oxygen atoms in total. The lowest BCUT2D eigenvalue weighted by Crippen LogP contribution is -2.12. The van der Waals surface area contributed by atoms with Gasteiger partial charge in [-0.25, -0.2) is 4.98 Å². The van der Waals surface area contributed by atoms with Crippen LogP contribution < -0.4 is 5.32 Å². The highest BCUT2D eigenvalue weighted by molar-refractivity contribution is 5.30. The molecule has 1 atom stereocenters. The number of ether oxygens (including phenoxy) is 1. The minimum Gasteiger partial charge on any atom is -0.385 e. The van der Waals surface area contributed by atoms with E-state index in [0.29, 0.717) is 6.04 Å². The molecule has 0 aliphatic rings. The van der Waals surface area contributed by atoms with Crippen molar-refractivity contribution in [2.24, 2.45) is 0 Å². The molecule has 0 aromatic carbocycles. The van der Waals surface area contributed by atoms with Gasteiger partial charge >= 0.3 is 0 Å². The number of rotatable bonds is 7. The van der Waals surface area contributed by atoms with E-state index in [9.17, 15) is 0 Å². The Hall–Kier alpha value is -1.29. The first-order valence-corrected chi connectivity index (χ1v) is 5.58. The van der Waals surface area contributed by atoms with Gasteiger partial charge in [0.15, 0.2) is 0 Å². The average molecular weight is 223 g/mol. The van der Waals surface area contributed by atoms with Crippen LogP contribution in [0.25, 0.3) is 0 Å². The van der Waals surface area contributed by atoms with E-state index < -0.39 is 0 Å². The molecule has 1 N–H and O–H groups in total. The number of hydrogen-bond donors (Lipinski definition) is 1. The lowest BCUT2D eigenvalue weighted by Gasteiger charge is -2.16. The third-order valence-corrected chi connectivity index (χ3v) is 2.47. The molecule has 16 heavy (non-hydrogen) atoms. The Labute approximate surface area is 97.3 Å². The van der Waals surface area contributed by atoms with Crippen LogP contribution in [0.4, 0.5) is 5.95 Å². The minimum absolute atomic E-state index is 0.383. The summed E-state index contributed by atoms with van der Waals surface area (Å²) >= 11 is 0. The van der Waals surface area contributed by atoms with Gasteiger partial charge in [-0.3, -0.25) is 0 Å². The Kier molecular flexibility index (Phi) is 5.05. The number of aryl methyl sites for hydroxylation is 1. The molecule has 1 aromatic rings. The molecule has 0 aliphatic heterocycles. The van der Waals surface area contributed by atoms with Gasteiger partial charge in [0.1, 0.15) is 0 Å². The van der Waals surface area contributed by atoms with Crippen molar-refractivity contribution in [1.82, 2.24) is 9.55 Å². The maximum atomic E-state index is 5.09. The molecule has 0 spiro atoms. The van der Waals surface area contributed by atoms with Gasteiger partial charge in [-0.15, -0.1) is 6.58 Å².